The summed E-state index contributed by atoms with van der Waals surface area (Å²) in [6, 6.07) is 10.1. The number of hydrogen-bond acceptors (Lipinski definition) is 5. The fraction of sp³-hybridized carbons (Fsp3) is 0.133. The van der Waals surface area contributed by atoms with Crippen LogP contribution < -0.4 is 0 Å². The summed E-state index contributed by atoms with van der Waals surface area (Å²) >= 11 is 0. The quantitative estimate of drug-likeness (QED) is 0.478. The van der Waals surface area contributed by atoms with Crippen LogP contribution in [0.1, 0.15) is 23.0 Å². The van der Waals surface area contributed by atoms with Gasteiger partial charge in [0.25, 0.3) is 0 Å². The van der Waals surface area contributed by atoms with E-state index in [2.05, 4.69) is 0 Å². The molecule has 1 aromatic carbocycles. The van der Waals surface area contributed by atoms with Crippen molar-refractivity contribution < 1.29 is 18.9 Å². The number of nitro groups is 1. The van der Waals surface area contributed by atoms with Gasteiger partial charge >= 0.3 is 5.97 Å². The van der Waals surface area contributed by atoms with Crippen molar-refractivity contribution in [2.45, 2.75) is 6.92 Å². The average molecular weight is 287 g/mol. The molecular formula is C15H13NO5. The van der Waals surface area contributed by atoms with Gasteiger partial charge in [0.1, 0.15) is 11.5 Å². The third-order valence-corrected chi connectivity index (χ3v) is 2.67. The fourth-order valence-electron chi connectivity index (χ4n) is 1.72. The van der Waals surface area contributed by atoms with Crippen molar-refractivity contribution in [1.29, 1.82) is 0 Å². The highest BCUT2D eigenvalue weighted by molar-refractivity contribution is 5.89. The van der Waals surface area contributed by atoms with E-state index in [0.29, 0.717) is 23.7 Å². The first-order chi connectivity index (χ1) is 10.1. The Labute approximate surface area is 120 Å². The molecule has 0 amide bonds. The summed E-state index contributed by atoms with van der Waals surface area (Å²) in [6.07, 6.45) is 2.09. The smallest absolute Gasteiger partial charge is 0.338 e. The lowest BCUT2D eigenvalue weighted by Gasteiger charge is -2.02. The number of esters is 1. The summed E-state index contributed by atoms with van der Waals surface area (Å²) in [4.78, 5) is 21.2. The number of furan rings is 1. The molecule has 0 atom stereocenters. The van der Waals surface area contributed by atoms with E-state index in [-0.39, 0.29) is 5.97 Å². The van der Waals surface area contributed by atoms with Crippen LogP contribution in [0.2, 0.25) is 0 Å². The lowest BCUT2D eigenvalue weighted by molar-refractivity contribution is -0.401. The Kier molecular flexibility index (Phi) is 4.50. The maximum Gasteiger partial charge on any atom is 0.338 e. The molecule has 6 heteroatoms. The maximum absolute atomic E-state index is 11.5. The average Bonchev–Trinajstić information content (AvgIpc) is 2.94. The Morgan fingerprint density at radius 3 is 2.62 bits per heavy atom. The molecule has 0 fully saturated rings. The first kappa shape index (κ1) is 14.5. The number of rotatable bonds is 5. The molecule has 2 aromatic rings. The second-order valence-corrected chi connectivity index (χ2v) is 4.10. The minimum Gasteiger partial charge on any atom is -0.462 e. The molecule has 0 aliphatic rings. The lowest BCUT2D eigenvalue weighted by atomic mass is 10.1. The van der Waals surface area contributed by atoms with Gasteiger partial charge in [-0.25, -0.2) is 4.79 Å². The summed E-state index contributed by atoms with van der Waals surface area (Å²) in [7, 11) is 0. The van der Waals surface area contributed by atoms with Crippen LogP contribution in [0.15, 0.2) is 47.0 Å². The molecule has 0 N–H and O–H groups in total. The Bertz CT molecular complexity index is 670. The maximum atomic E-state index is 11.5. The van der Waals surface area contributed by atoms with Gasteiger partial charge in [-0.3, -0.25) is 10.1 Å². The van der Waals surface area contributed by atoms with E-state index < -0.39 is 4.92 Å². The van der Waals surface area contributed by atoms with Gasteiger partial charge in [0.2, 0.25) is 6.20 Å². The van der Waals surface area contributed by atoms with Gasteiger partial charge in [0.05, 0.1) is 23.2 Å². The number of carbonyl (C=O) groups is 1. The Morgan fingerprint density at radius 2 is 2.00 bits per heavy atom. The van der Waals surface area contributed by atoms with E-state index in [4.69, 9.17) is 9.15 Å². The molecule has 2 rings (SSSR count). The van der Waals surface area contributed by atoms with Crippen LogP contribution in [-0.4, -0.2) is 17.5 Å². The van der Waals surface area contributed by atoms with Crippen LogP contribution in [0.5, 0.6) is 0 Å². The molecule has 0 spiro atoms. The normalized spacial score (nSPS) is 10.7. The highest BCUT2D eigenvalue weighted by Gasteiger charge is 2.08. The molecule has 21 heavy (non-hydrogen) atoms. The molecule has 0 aliphatic carbocycles. The largest absolute Gasteiger partial charge is 0.462 e. The van der Waals surface area contributed by atoms with E-state index in [1.165, 1.54) is 6.08 Å². The van der Waals surface area contributed by atoms with E-state index in [1.807, 2.05) is 0 Å². The summed E-state index contributed by atoms with van der Waals surface area (Å²) in [6.45, 7) is 2.07. The molecule has 6 nitrogen and oxygen atoms in total. The summed E-state index contributed by atoms with van der Waals surface area (Å²) in [5.41, 5.74) is 1.23. The van der Waals surface area contributed by atoms with Gasteiger partial charge in [0.15, 0.2) is 0 Å². The molecule has 0 radical (unpaired) electrons. The third kappa shape index (κ3) is 3.79. The van der Waals surface area contributed by atoms with Crippen molar-refractivity contribution in [1.82, 2.24) is 0 Å². The minimum absolute atomic E-state index is 0.324. The third-order valence-electron chi connectivity index (χ3n) is 2.67. The van der Waals surface area contributed by atoms with Crippen LogP contribution in [0.25, 0.3) is 17.4 Å². The Balaban J connectivity index is 2.15. The van der Waals surface area contributed by atoms with E-state index in [9.17, 15) is 14.9 Å². The van der Waals surface area contributed by atoms with Gasteiger partial charge < -0.3 is 9.15 Å². The number of ether oxygens (including phenoxy) is 1. The molecule has 0 bridgehead atoms. The SMILES string of the molecule is CCOC(=O)c1ccc(-c2ccc(/C=C/[N+](=O)[O-])o2)cc1. The predicted molar refractivity (Wildman–Crippen MR) is 76.1 cm³/mol. The second-order valence-electron chi connectivity index (χ2n) is 4.10. The van der Waals surface area contributed by atoms with Crippen LogP contribution >= 0.6 is 0 Å². The molecule has 108 valence electrons. The monoisotopic (exact) mass is 287 g/mol. The number of hydrogen-bond donors (Lipinski definition) is 0. The predicted octanol–water partition coefficient (Wildman–Crippen LogP) is 3.37. The van der Waals surface area contributed by atoms with Gasteiger partial charge in [-0.05, 0) is 31.2 Å². The molecule has 0 saturated carbocycles. The van der Waals surface area contributed by atoms with Crippen molar-refractivity contribution in [2.75, 3.05) is 6.61 Å². The van der Waals surface area contributed by atoms with E-state index >= 15 is 0 Å². The van der Waals surface area contributed by atoms with Gasteiger partial charge in [-0.2, -0.15) is 0 Å². The van der Waals surface area contributed by atoms with Gasteiger partial charge in [-0.1, -0.05) is 12.1 Å². The zero-order chi connectivity index (χ0) is 15.2. The zero-order valence-corrected chi connectivity index (χ0v) is 11.3. The van der Waals surface area contributed by atoms with Crippen molar-refractivity contribution >= 4 is 12.0 Å². The highest BCUT2D eigenvalue weighted by Crippen LogP contribution is 2.23. The molecule has 1 aromatic heterocycles. The molecule has 0 saturated heterocycles. The highest BCUT2D eigenvalue weighted by atomic mass is 16.6. The topological polar surface area (TPSA) is 82.6 Å². The summed E-state index contributed by atoms with van der Waals surface area (Å²) < 4.78 is 10.4. The molecular weight excluding hydrogens is 274 g/mol. The number of benzene rings is 1. The zero-order valence-electron chi connectivity index (χ0n) is 11.3. The molecule has 1 heterocycles. The van der Waals surface area contributed by atoms with Gasteiger partial charge in [0, 0.05) is 5.56 Å². The van der Waals surface area contributed by atoms with Crippen molar-refractivity contribution in [3.8, 4) is 11.3 Å². The standard InChI is InChI=1S/C15H13NO5/c1-2-20-15(17)12-5-3-11(4-6-12)14-8-7-13(21-14)9-10-16(18)19/h3-10H,2H2,1H3/b10-9+. The van der Waals surface area contributed by atoms with Gasteiger partial charge in [-0.15, -0.1) is 0 Å². The van der Waals surface area contributed by atoms with Crippen molar-refractivity contribution in [3.63, 3.8) is 0 Å². The minimum atomic E-state index is -0.559. The Hall–Kier alpha value is -2.89. The van der Waals surface area contributed by atoms with Crippen molar-refractivity contribution in [3.05, 3.63) is 64.0 Å². The Morgan fingerprint density at radius 1 is 1.29 bits per heavy atom. The van der Waals surface area contributed by atoms with Crippen LogP contribution in [0, 0.1) is 10.1 Å². The number of nitrogens with zero attached hydrogens (tertiary/aromatic N) is 1. The first-order valence-electron chi connectivity index (χ1n) is 6.29. The first-order valence-corrected chi connectivity index (χ1v) is 6.29. The van der Waals surface area contributed by atoms with Crippen LogP contribution in [0.3, 0.4) is 0 Å². The second kappa shape index (κ2) is 6.51. The van der Waals surface area contributed by atoms with Crippen LogP contribution in [-0.2, 0) is 4.74 Å². The summed E-state index contributed by atoms with van der Waals surface area (Å²) in [5.74, 6) is 0.572. The van der Waals surface area contributed by atoms with E-state index in [0.717, 1.165) is 11.8 Å². The fourth-order valence-corrected chi connectivity index (χ4v) is 1.72. The molecule has 0 unspecified atom stereocenters. The van der Waals surface area contributed by atoms with E-state index in [1.54, 1.807) is 43.3 Å². The lowest BCUT2D eigenvalue weighted by Crippen LogP contribution is -2.03. The van der Waals surface area contributed by atoms with Crippen molar-refractivity contribution in [2.24, 2.45) is 0 Å². The van der Waals surface area contributed by atoms with Crippen LogP contribution in [0.4, 0.5) is 0 Å². The number of carbonyl (C=O) groups excluding carboxylic acids is 1. The summed E-state index contributed by atoms with van der Waals surface area (Å²) in [5, 5.41) is 10.2. The molecule has 0 aliphatic heterocycles.